The van der Waals surface area contributed by atoms with Crippen molar-refractivity contribution >= 4 is 17.6 Å². The summed E-state index contributed by atoms with van der Waals surface area (Å²) in [6, 6.07) is 1.39. The van der Waals surface area contributed by atoms with Crippen LogP contribution in [0.25, 0.3) is 0 Å². The molecule has 2 unspecified atom stereocenters. The number of rotatable bonds is 3. The zero-order valence-electron chi connectivity index (χ0n) is 9.80. The lowest BCUT2D eigenvalue weighted by Crippen LogP contribution is -2.18. The molecule has 2 atom stereocenters. The Morgan fingerprint density at radius 3 is 2.72 bits per heavy atom. The molecule has 0 bridgehead atoms. The van der Waals surface area contributed by atoms with E-state index in [2.05, 4.69) is 10.3 Å². The molecule has 0 aromatic carbocycles. The van der Waals surface area contributed by atoms with Gasteiger partial charge in [0.25, 0.3) is 0 Å². The van der Waals surface area contributed by atoms with Crippen LogP contribution in [0.4, 0.5) is 5.69 Å². The Morgan fingerprint density at radius 2 is 2.06 bits per heavy atom. The van der Waals surface area contributed by atoms with Crippen molar-refractivity contribution in [1.82, 2.24) is 4.98 Å². The number of amides is 1. The van der Waals surface area contributed by atoms with Crippen LogP contribution < -0.4 is 5.32 Å². The number of carboxylic acids is 1. The van der Waals surface area contributed by atoms with Gasteiger partial charge in [0, 0.05) is 12.1 Å². The van der Waals surface area contributed by atoms with Crippen molar-refractivity contribution in [3.63, 3.8) is 0 Å². The van der Waals surface area contributed by atoms with Crippen LogP contribution >= 0.6 is 0 Å². The minimum absolute atomic E-state index is 0.0554. The molecule has 2 aliphatic carbocycles. The van der Waals surface area contributed by atoms with E-state index in [1.54, 1.807) is 0 Å². The van der Waals surface area contributed by atoms with Crippen molar-refractivity contribution in [3.8, 4) is 0 Å². The second-order valence-electron chi connectivity index (χ2n) is 5.00. The molecule has 1 aromatic rings. The molecule has 0 spiro atoms. The molecule has 18 heavy (non-hydrogen) atoms. The fourth-order valence-electron chi connectivity index (χ4n) is 3.11. The van der Waals surface area contributed by atoms with E-state index >= 15 is 0 Å². The molecule has 2 N–H and O–H groups in total. The SMILES string of the molecule is O=C(O)c1ccncc1NC(=O)C1C2CCCC21. The van der Waals surface area contributed by atoms with Crippen LogP contribution in [-0.2, 0) is 4.79 Å². The summed E-state index contributed by atoms with van der Waals surface area (Å²) in [7, 11) is 0. The van der Waals surface area contributed by atoms with E-state index < -0.39 is 5.97 Å². The number of carbonyl (C=O) groups excluding carboxylic acids is 1. The van der Waals surface area contributed by atoms with Crippen molar-refractivity contribution < 1.29 is 14.7 Å². The fraction of sp³-hybridized carbons (Fsp3) is 0.462. The van der Waals surface area contributed by atoms with E-state index in [0.717, 1.165) is 12.8 Å². The Balaban J connectivity index is 1.73. The number of nitrogens with one attached hydrogen (secondary N) is 1. The van der Waals surface area contributed by atoms with Gasteiger partial charge in [-0.25, -0.2) is 4.79 Å². The fourth-order valence-corrected chi connectivity index (χ4v) is 3.11. The second-order valence-corrected chi connectivity index (χ2v) is 5.00. The molecule has 94 valence electrons. The lowest BCUT2D eigenvalue weighted by molar-refractivity contribution is -0.118. The maximum atomic E-state index is 12.0. The molecule has 5 heteroatoms. The number of carboxylic acid groups (broad SMARTS) is 1. The number of aromatic nitrogens is 1. The van der Waals surface area contributed by atoms with Gasteiger partial charge in [0.1, 0.15) is 0 Å². The van der Waals surface area contributed by atoms with Gasteiger partial charge in [0.05, 0.1) is 17.4 Å². The van der Waals surface area contributed by atoms with E-state index in [1.165, 1.54) is 24.9 Å². The van der Waals surface area contributed by atoms with Gasteiger partial charge < -0.3 is 10.4 Å². The number of hydrogen-bond donors (Lipinski definition) is 2. The molecular weight excluding hydrogens is 232 g/mol. The average Bonchev–Trinajstić information content (AvgIpc) is 2.84. The third-order valence-electron chi connectivity index (χ3n) is 4.02. The van der Waals surface area contributed by atoms with Gasteiger partial charge in [0.2, 0.25) is 5.91 Å². The van der Waals surface area contributed by atoms with Crippen molar-refractivity contribution in [3.05, 3.63) is 24.0 Å². The van der Waals surface area contributed by atoms with Gasteiger partial charge in [-0.05, 0) is 30.7 Å². The predicted molar refractivity (Wildman–Crippen MR) is 64.1 cm³/mol. The van der Waals surface area contributed by atoms with E-state index in [-0.39, 0.29) is 17.4 Å². The number of pyridine rings is 1. The summed E-state index contributed by atoms with van der Waals surface area (Å²) in [5.74, 6) is 0.0226. The zero-order valence-corrected chi connectivity index (χ0v) is 9.80. The molecule has 0 saturated heterocycles. The first-order valence-electron chi connectivity index (χ1n) is 6.16. The van der Waals surface area contributed by atoms with Gasteiger partial charge in [0.15, 0.2) is 0 Å². The zero-order chi connectivity index (χ0) is 12.7. The molecule has 0 aliphatic heterocycles. The van der Waals surface area contributed by atoms with Crippen molar-refractivity contribution in [2.75, 3.05) is 5.32 Å². The Kier molecular flexibility index (Phi) is 2.54. The van der Waals surface area contributed by atoms with Crippen molar-refractivity contribution in [2.45, 2.75) is 19.3 Å². The Hall–Kier alpha value is -1.91. The smallest absolute Gasteiger partial charge is 0.337 e. The Morgan fingerprint density at radius 1 is 1.33 bits per heavy atom. The molecule has 3 rings (SSSR count). The number of aromatic carboxylic acids is 1. The van der Waals surface area contributed by atoms with E-state index in [4.69, 9.17) is 5.11 Å². The quantitative estimate of drug-likeness (QED) is 0.851. The highest BCUT2D eigenvalue weighted by Gasteiger charge is 2.56. The largest absolute Gasteiger partial charge is 0.478 e. The maximum absolute atomic E-state index is 12.0. The molecule has 2 saturated carbocycles. The first-order chi connectivity index (χ1) is 8.68. The highest BCUT2D eigenvalue weighted by atomic mass is 16.4. The van der Waals surface area contributed by atoms with E-state index in [0.29, 0.717) is 17.5 Å². The number of fused-ring (bicyclic) bond motifs is 1. The first kappa shape index (κ1) is 11.2. The number of nitrogens with zero attached hydrogens (tertiary/aromatic N) is 1. The maximum Gasteiger partial charge on any atom is 0.337 e. The van der Waals surface area contributed by atoms with Crippen molar-refractivity contribution in [2.24, 2.45) is 17.8 Å². The van der Waals surface area contributed by atoms with Gasteiger partial charge >= 0.3 is 5.97 Å². The molecule has 2 fully saturated rings. The molecule has 5 nitrogen and oxygen atoms in total. The molecule has 1 heterocycles. The second kappa shape index (κ2) is 4.08. The molecule has 0 radical (unpaired) electrons. The summed E-state index contributed by atoms with van der Waals surface area (Å²) in [5.41, 5.74) is 0.379. The normalized spacial score (nSPS) is 28.6. The van der Waals surface area contributed by atoms with Crippen molar-refractivity contribution in [1.29, 1.82) is 0 Å². The summed E-state index contributed by atoms with van der Waals surface area (Å²) in [4.78, 5) is 26.9. The minimum atomic E-state index is -1.05. The summed E-state index contributed by atoms with van der Waals surface area (Å²) in [5, 5.41) is 11.7. The van der Waals surface area contributed by atoms with Crippen LogP contribution in [0.15, 0.2) is 18.5 Å². The lowest BCUT2D eigenvalue weighted by Gasteiger charge is -2.08. The van der Waals surface area contributed by atoms with Crippen LogP contribution in [-0.4, -0.2) is 22.0 Å². The first-order valence-corrected chi connectivity index (χ1v) is 6.16. The van der Waals surface area contributed by atoms with Gasteiger partial charge in [-0.15, -0.1) is 0 Å². The monoisotopic (exact) mass is 246 g/mol. The number of anilines is 1. The van der Waals surface area contributed by atoms with Crippen LogP contribution in [0.2, 0.25) is 0 Å². The Bertz CT molecular complexity index is 505. The predicted octanol–water partition coefficient (Wildman–Crippen LogP) is 1.76. The number of hydrogen-bond acceptors (Lipinski definition) is 3. The summed E-state index contributed by atoms with van der Waals surface area (Å²) >= 11 is 0. The topological polar surface area (TPSA) is 79.3 Å². The molecule has 1 amide bonds. The third-order valence-corrected chi connectivity index (χ3v) is 4.02. The molecule has 1 aromatic heterocycles. The standard InChI is InChI=1S/C13H14N2O3/c16-12(11-7-2-1-3-8(7)11)15-10-6-14-5-4-9(10)13(17)18/h4-8,11H,1-3H2,(H,15,16)(H,17,18). The van der Waals surface area contributed by atoms with Crippen LogP contribution in [0.3, 0.4) is 0 Å². The van der Waals surface area contributed by atoms with Gasteiger partial charge in [-0.1, -0.05) is 6.42 Å². The van der Waals surface area contributed by atoms with Crippen LogP contribution in [0.5, 0.6) is 0 Å². The summed E-state index contributed by atoms with van der Waals surface area (Å²) in [6.45, 7) is 0. The number of carbonyl (C=O) groups is 2. The van der Waals surface area contributed by atoms with Gasteiger partial charge in [-0.3, -0.25) is 9.78 Å². The molecular formula is C13H14N2O3. The summed E-state index contributed by atoms with van der Waals surface area (Å²) < 4.78 is 0. The minimum Gasteiger partial charge on any atom is -0.478 e. The Labute approximate surface area is 104 Å². The highest BCUT2D eigenvalue weighted by molar-refractivity contribution is 6.01. The summed E-state index contributed by atoms with van der Waals surface area (Å²) in [6.07, 6.45) is 6.26. The molecule has 2 aliphatic rings. The van der Waals surface area contributed by atoms with E-state index in [1.807, 2.05) is 0 Å². The highest BCUT2D eigenvalue weighted by Crippen LogP contribution is 2.57. The van der Waals surface area contributed by atoms with Crippen LogP contribution in [0.1, 0.15) is 29.6 Å². The van der Waals surface area contributed by atoms with E-state index in [9.17, 15) is 9.59 Å². The average molecular weight is 246 g/mol. The lowest BCUT2D eigenvalue weighted by atomic mass is 10.1. The third kappa shape index (κ3) is 1.75. The van der Waals surface area contributed by atoms with Gasteiger partial charge in [-0.2, -0.15) is 0 Å². The van der Waals surface area contributed by atoms with Crippen LogP contribution in [0, 0.1) is 17.8 Å².